The molecule has 0 saturated heterocycles. The van der Waals surface area contributed by atoms with Gasteiger partial charge in [0, 0.05) is 26.2 Å². The van der Waals surface area contributed by atoms with Crippen LogP contribution >= 0.6 is 0 Å². The zero-order chi connectivity index (χ0) is 15.3. The van der Waals surface area contributed by atoms with Crippen molar-refractivity contribution in [2.45, 2.75) is 6.92 Å². The molecule has 0 heterocycles. The van der Waals surface area contributed by atoms with Gasteiger partial charge in [0.25, 0.3) is 5.91 Å². The Morgan fingerprint density at radius 2 is 1.95 bits per heavy atom. The second-order valence-corrected chi connectivity index (χ2v) is 4.56. The maximum Gasteiger partial charge on any atom is 0.254 e. The monoisotopic (exact) mass is 279 g/mol. The van der Waals surface area contributed by atoms with Crippen molar-refractivity contribution in [1.82, 2.24) is 9.80 Å². The van der Waals surface area contributed by atoms with Gasteiger partial charge in [0.1, 0.15) is 5.75 Å². The summed E-state index contributed by atoms with van der Waals surface area (Å²) in [6, 6.07) is 4.84. The lowest BCUT2D eigenvalue weighted by Gasteiger charge is -2.22. The van der Waals surface area contributed by atoms with Crippen molar-refractivity contribution in [3.8, 4) is 5.75 Å². The second-order valence-electron chi connectivity index (χ2n) is 4.56. The summed E-state index contributed by atoms with van der Waals surface area (Å²) >= 11 is 0. The van der Waals surface area contributed by atoms with Crippen LogP contribution in [0.25, 0.3) is 0 Å². The van der Waals surface area contributed by atoms with E-state index in [1.54, 1.807) is 32.3 Å². The van der Waals surface area contributed by atoms with Crippen LogP contribution in [0.5, 0.6) is 5.75 Å². The Bertz CT molecular complexity index is 500. The van der Waals surface area contributed by atoms with Crippen molar-refractivity contribution in [2.75, 3.05) is 40.0 Å². The van der Waals surface area contributed by atoms with E-state index in [2.05, 4.69) is 0 Å². The Kier molecular flexibility index (Phi) is 5.37. The molecule has 0 aliphatic rings. The lowest BCUT2D eigenvalue weighted by Crippen LogP contribution is -2.40. The fourth-order valence-corrected chi connectivity index (χ4v) is 1.68. The highest BCUT2D eigenvalue weighted by Gasteiger charge is 2.19. The van der Waals surface area contributed by atoms with Crippen molar-refractivity contribution in [3.63, 3.8) is 0 Å². The molecule has 0 bridgehead atoms. The van der Waals surface area contributed by atoms with E-state index in [0.717, 1.165) is 0 Å². The number of carbonyl (C=O) groups excluding carboxylic acids is 2. The molecule has 0 atom stereocenters. The molecule has 1 aromatic carbocycles. The number of hydrogen-bond acceptors (Lipinski definition) is 4. The van der Waals surface area contributed by atoms with Crippen LogP contribution in [0.4, 0.5) is 5.69 Å². The van der Waals surface area contributed by atoms with Crippen molar-refractivity contribution >= 4 is 17.5 Å². The third-order valence-electron chi connectivity index (χ3n) is 2.97. The van der Waals surface area contributed by atoms with Gasteiger partial charge in [0.05, 0.1) is 19.3 Å². The van der Waals surface area contributed by atoms with Crippen LogP contribution in [0.15, 0.2) is 18.2 Å². The standard InChI is InChI=1S/C14H21N3O3/c1-5-17(9-13(18)16(2)3)14(19)10-6-7-12(20-4)11(15)8-10/h6-8H,5,9,15H2,1-4H3. The average molecular weight is 279 g/mol. The Labute approximate surface area is 119 Å². The smallest absolute Gasteiger partial charge is 0.254 e. The van der Waals surface area contributed by atoms with Crippen molar-refractivity contribution in [1.29, 1.82) is 0 Å². The average Bonchev–Trinajstić information content (AvgIpc) is 2.43. The van der Waals surface area contributed by atoms with Gasteiger partial charge in [0.15, 0.2) is 0 Å². The predicted molar refractivity (Wildman–Crippen MR) is 77.7 cm³/mol. The highest BCUT2D eigenvalue weighted by atomic mass is 16.5. The number of nitrogens with two attached hydrogens (primary N) is 1. The van der Waals surface area contributed by atoms with Gasteiger partial charge in [-0.3, -0.25) is 9.59 Å². The minimum atomic E-state index is -0.225. The van der Waals surface area contributed by atoms with E-state index >= 15 is 0 Å². The summed E-state index contributed by atoms with van der Waals surface area (Å²) in [5.41, 5.74) is 6.63. The van der Waals surface area contributed by atoms with Gasteiger partial charge in [-0.15, -0.1) is 0 Å². The quantitative estimate of drug-likeness (QED) is 0.810. The summed E-state index contributed by atoms with van der Waals surface area (Å²) in [5, 5.41) is 0. The molecule has 1 rings (SSSR count). The van der Waals surface area contributed by atoms with Gasteiger partial charge in [-0.1, -0.05) is 0 Å². The van der Waals surface area contributed by atoms with Crippen LogP contribution in [0.1, 0.15) is 17.3 Å². The molecule has 0 radical (unpaired) electrons. The van der Waals surface area contributed by atoms with E-state index in [9.17, 15) is 9.59 Å². The molecule has 0 saturated carbocycles. The van der Waals surface area contributed by atoms with Crippen LogP contribution in [-0.4, -0.2) is 55.9 Å². The van der Waals surface area contributed by atoms with E-state index < -0.39 is 0 Å². The highest BCUT2D eigenvalue weighted by molar-refractivity contribution is 5.97. The van der Waals surface area contributed by atoms with Crippen LogP contribution < -0.4 is 10.5 Å². The van der Waals surface area contributed by atoms with Crippen LogP contribution in [0.2, 0.25) is 0 Å². The zero-order valence-corrected chi connectivity index (χ0v) is 12.3. The maximum absolute atomic E-state index is 12.3. The largest absolute Gasteiger partial charge is 0.495 e. The van der Waals surface area contributed by atoms with Gasteiger partial charge in [-0.05, 0) is 25.1 Å². The minimum absolute atomic E-state index is 0.0499. The number of hydrogen-bond donors (Lipinski definition) is 1. The number of benzene rings is 1. The first-order valence-corrected chi connectivity index (χ1v) is 6.33. The number of ether oxygens (including phenoxy) is 1. The first-order chi connectivity index (χ1) is 9.40. The predicted octanol–water partition coefficient (Wildman–Crippen LogP) is 0.828. The SMILES string of the molecule is CCN(CC(=O)N(C)C)C(=O)c1ccc(OC)c(N)c1. The second kappa shape index (κ2) is 6.79. The molecule has 110 valence electrons. The van der Waals surface area contributed by atoms with E-state index in [-0.39, 0.29) is 18.4 Å². The summed E-state index contributed by atoms with van der Waals surface area (Å²) in [7, 11) is 4.83. The summed E-state index contributed by atoms with van der Waals surface area (Å²) in [6.45, 7) is 2.33. The van der Waals surface area contributed by atoms with Crippen molar-refractivity contribution in [2.24, 2.45) is 0 Å². The first kappa shape index (κ1) is 15.8. The molecule has 0 fully saturated rings. The molecule has 2 amide bonds. The van der Waals surface area contributed by atoms with Crippen molar-refractivity contribution in [3.05, 3.63) is 23.8 Å². The molecule has 0 spiro atoms. The van der Waals surface area contributed by atoms with E-state index in [0.29, 0.717) is 23.5 Å². The number of carbonyl (C=O) groups is 2. The van der Waals surface area contributed by atoms with Crippen molar-refractivity contribution < 1.29 is 14.3 Å². The summed E-state index contributed by atoms with van der Waals surface area (Å²) in [4.78, 5) is 27.0. The fraction of sp³-hybridized carbons (Fsp3) is 0.429. The molecule has 0 aliphatic heterocycles. The molecule has 2 N–H and O–H groups in total. The van der Waals surface area contributed by atoms with Crippen LogP contribution in [0.3, 0.4) is 0 Å². The number of likely N-dealkylation sites (N-methyl/N-ethyl adjacent to an activating group) is 2. The summed E-state index contributed by atoms with van der Waals surface area (Å²) in [6.07, 6.45) is 0. The van der Waals surface area contributed by atoms with Gasteiger partial charge >= 0.3 is 0 Å². The lowest BCUT2D eigenvalue weighted by atomic mass is 10.1. The topological polar surface area (TPSA) is 75.9 Å². The molecular weight excluding hydrogens is 258 g/mol. The van der Waals surface area contributed by atoms with Gasteiger partial charge < -0.3 is 20.3 Å². The molecule has 6 heteroatoms. The number of rotatable bonds is 5. The lowest BCUT2D eigenvalue weighted by molar-refractivity contribution is -0.129. The van der Waals surface area contributed by atoms with Crippen LogP contribution in [-0.2, 0) is 4.79 Å². The summed E-state index contributed by atoms with van der Waals surface area (Å²) < 4.78 is 5.05. The Morgan fingerprint density at radius 1 is 1.30 bits per heavy atom. The molecule has 0 aromatic heterocycles. The van der Waals surface area contributed by atoms with E-state index in [1.165, 1.54) is 16.9 Å². The van der Waals surface area contributed by atoms with Gasteiger partial charge in [0.2, 0.25) is 5.91 Å². The number of methoxy groups -OCH3 is 1. The number of nitrogen functional groups attached to an aromatic ring is 1. The van der Waals surface area contributed by atoms with Gasteiger partial charge in [-0.2, -0.15) is 0 Å². The Hall–Kier alpha value is -2.24. The van der Waals surface area contributed by atoms with E-state index in [4.69, 9.17) is 10.5 Å². The van der Waals surface area contributed by atoms with Crippen LogP contribution in [0, 0.1) is 0 Å². The first-order valence-electron chi connectivity index (χ1n) is 6.33. The number of anilines is 1. The molecule has 1 aromatic rings. The van der Waals surface area contributed by atoms with E-state index in [1.807, 2.05) is 6.92 Å². The molecule has 0 unspecified atom stereocenters. The maximum atomic E-state index is 12.3. The molecule has 20 heavy (non-hydrogen) atoms. The highest BCUT2D eigenvalue weighted by Crippen LogP contribution is 2.22. The Balaban J connectivity index is 2.91. The minimum Gasteiger partial charge on any atom is -0.495 e. The third kappa shape index (κ3) is 3.63. The molecule has 0 aliphatic carbocycles. The third-order valence-corrected chi connectivity index (χ3v) is 2.97. The fourth-order valence-electron chi connectivity index (χ4n) is 1.68. The summed E-state index contributed by atoms with van der Waals surface area (Å²) in [5.74, 6) is 0.174. The van der Waals surface area contributed by atoms with Gasteiger partial charge in [-0.25, -0.2) is 0 Å². The Morgan fingerprint density at radius 3 is 2.40 bits per heavy atom. The normalized spacial score (nSPS) is 10.0. The molecular formula is C14H21N3O3. The molecule has 6 nitrogen and oxygen atoms in total. The number of amides is 2. The number of nitrogens with zero attached hydrogens (tertiary/aromatic N) is 2. The zero-order valence-electron chi connectivity index (χ0n) is 12.3.